The van der Waals surface area contributed by atoms with E-state index in [9.17, 15) is 28.3 Å². The second-order valence-electron chi connectivity index (χ2n) is 12.6. The van der Waals surface area contributed by atoms with Crippen molar-refractivity contribution in [3.8, 4) is 23.1 Å². The van der Waals surface area contributed by atoms with Crippen molar-refractivity contribution in [2.75, 3.05) is 13.7 Å². The molecule has 12 heteroatoms. The third-order valence-corrected chi connectivity index (χ3v) is 9.01. The number of carbonyl (C=O) groups is 1. The average Bonchev–Trinajstić information content (AvgIpc) is 3.45. The first-order chi connectivity index (χ1) is 18.9. The lowest BCUT2D eigenvalue weighted by Crippen LogP contribution is -2.45. The van der Waals surface area contributed by atoms with Crippen LogP contribution >= 0.6 is 0 Å². The molecule has 1 N–H and O–H groups in total. The van der Waals surface area contributed by atoms with E-state index in [4.69, 9.17) is 14.0 Å². The van der Waals surface area contributed by atoms with Crippen molar-refractivity contribution in [1.82, 2.24) is 9.47 Å². The van der Waals surface area contributed by atoms with Crippen LogP contribution in [0.15, 0.2) is 18.2 Å². The Hall–Kier alpha value is -3.01. The van der Waals surface area contributed by atoms with Crippen LogP contribution in [-0.2, 0) is 22.2 Å². The summed E-state index contributed by atoms with van der Waals surface area (Å²) in [5, 5.41) is 20.1. The van der Waals surface area contributed by atoms with Gasteiger partial charge < -0.3 is 28.6 Å². The molecule has 0 spiro atoms. The molecule has 0 unspecified atom stereocenters. The minimum atomic E-state index is -4.53. The van der Waals surface area contributed by atoms with E-state index in [2.05, 4.69) is 6.07 Å². The molecule has 220 valence electrons. The van der Waals surface area contributed by atoms with E-state index in [1.54, 1.807) is 17.6 Å². The van der Waals surface area contributed by atoms with E-state index in [0.717, 1.165) is 5.56 Å². The fourth-order valence-electron chi connectivity index (χ4n) is 6.22. The van der Waals surface area contributed by atoms with Gasteiger partial charge in [0.15, 0.2) is 0 Å². The highest BCUT2D eigenvalue weighted by Crippen LogP contribution is 2.44. The molecule has 1 aromatic heterocycles. The fraction of sp³-hybridized carbons (Fsp3) is 0.586. The number of hydrogen-bond acceptors (Lipinski definition) is 6. The van der Waals surface area contributed by atoms with Gasteiger partial charge in [-0.05, 0) is 77.3 Å². The number of benzene rings is 1. The number of ether oxygens (including phenoxy) is 1. The van der Waals surface area contributed by atoms with Crippen LogP contribution in [0, 0.1) is 11.3 Å². The zero-order valence-corrected chi connectivity index (χ0v) is 24.3. The van der Waals surface area contributed by atoms with Gasteiger partial charge in [0.05, 0.1) is 42.6 Å². The minimum absolute atomic E-state index is 0.0444. The molecule has 2 fully saturated rings. The highest BCUT2D eigenvalue weighted by molar-refractivity contribution is 6.63. The van der Waals surface area contributed by atoms with Crippen LogP contribution in [0.5, 0.6) is 5.75 Å². The molecule has 1 amide bonds. The van der Waals surface area contributed by atoms with Gasteiger partial charge in [-0.2, -0.15) is 18.4 Å². The Morgan fingerprint density at radius 3 is 2.39 bits per heavy atom. The Morgan fingerprint density at radius 2 is 1.83 bits per heavy atom. The molecular weight excluding hydrogens is 538 g/mol. The van der Waals surface area contributed by atoms with Crippen LogP contribution < -0.4 is 10.2 Å². The molecule has 4 heterocycles. The van der Waals surface area contributed by atoms with Gasteiger partial charge >= 0.3 is 13.3 Å². The van der Waals surface area contributed by atoms with E-state index >= 15 is 0 Å². The Balaban J connectivity index is 1.69. The number of alkyl halides is 3. The number of nitrogens with zero attached hydrogens (tertiary/aromatic N) is 3. The largest absolute Gasteiger partial charge is 0.498 e. The molecule has 3 aliphatic rings. The number of aliphatic hydroxyl groups is 1. The van der Waals surface area contributed by atoms with E-state index in [1.807, 2.05) is 40.7 Å². The summed E-state index contributed by atoms with van der Waals surface area (Å²) in [6.07, 6.45) is -6.18. The SMILES string of the molecule is COc1cc2c(cc1B1OC(C)(C)C(C)(C)O1)-c1c(CC(F)(F)F)cc(C(=O)N3C[C@@H](O)C[C@]3(C)C#N)n1[C@H](C)C2. The summed E-state index contributed by atoms with van der Waals surface area (Å²) in [4.78, 5) is 15.2. The smallest absolute Gasteiger partial charge is 0.497 e. The van der Waals surface area contributed by atoms with Gasteiger partial charge in [-0.1, -0.05) is 0 Å². The van der Waals surface area contributed by atoms with E-state index in [-0.39, 0.29) is 30.3 Å². The Bertz CT molecular complexity index is 1430. The van der Waals surface area contributed by atoms with Crippen LogP contribution in [0.25, 0.3) is 11.3 Å². The summed E-state index contributed by atoms with van der Waals surface area (Å²) < 4.78 is 61.5. The van der Waals surface area contributed by atoms with Crippen LogP contribution in [-0.4, -0.2) is 70.3 Å². The molecule has 3 aliphatic heterocycles. The van der Waals surface area contributed by atoms with Crippen molar-refractivity contribution in [2.24, 2.45) is 0 Å². The van der Waals surface area contributed by atoms with Crippen molar-refractivity contribution in [3.63, 3.8) is 0 Å². The van der Waals surface area contributed by atoms with E-state index in [1.165, 1.54) is 18.1 Å². The third kappa shape index (κ3) is 4.82. The maximum atomic E-state index is 13.9. The second kappa shape index (κ2) is 9.51. The number of aliphatic hydroxyl groups excluding tert-OH is 1. The second-order valence-corrected chi connectivity index (χ2v) is 12.6. The molecule has 8 nitrogen and oxygen atoms in total. The average molecular weight is 573 g/mol. The first-order valence-corrected chi connectivity index (χ1v) is 13.7. The van der Waals surface area contributed by atoms with Gasteiger partial charge in [0, 0.05) is 30.0 Å². The molecule has 3 atom stereocenters. The van der Waals surface area contributed by atoms with Crippen molar-refractivity contribution >= 4 is 18.5 Å². The molecule has 2 aromatic rings. The quantitative estimate of drug-likeness (QED) is 0.552. The first kappa shape index (κ1) is 29.5. The standard InChI is InChI=1S/C29H35BF3N3O5/c1-16-8-17-10-23(39-7)21(30-40-26(2,3)27(4,5)41-30)11-20(17)24-18(12-29(31,32)33)9-22(36(16)24)25(38)35-14-19(37)13-28(35,6)15-34/h9-11,16,19,37H,8,12-14H2,1-7H3/t16-,19+,28-/m1/s1. The number of aromatic nitrogens is 1. The molecule has 0 radical (unpaired) electrons. The minimum Gasteiger partial charge on any atom is -0.497 e. The predicted octanol–water partition coefficient (Wildman–Crippen LogP) is 4.17. The third-order valence-electron chi connectivity index (χ3n) is 9.01. The van der Waals surface area contributed by atoms with Gasteiger partial charge in [0.2, 0.25) is 0 Å². The topological polar surface area (TPSA) is 97.0 Å². The lowest BCUT2D eigenvalue weighted by atomic mass is 9.75. The van der Waals surface area contributed by atoms with Crippen molar-refractivity contribution in [2.45, 2.75) is 95.9 Å². The van der Waals surface area contributed by atoms with Crippen molar-refractivity contribution in [1.29, 1.82) is 5.26 Å². The fourth-order valence-corrected chi connectivity index (χ4v) is 6.22. The molecule has 5 rings (SSSR count). The zero-order chi connectivity index (χ0) is 30.3. The molecular formula is C29H35BF3N3O5. The number of fused-ring (bicyclic) bond motifs is 3. The van der Waals surface area contributed by atoms with Gasteiger partial charge in [-0.3, -0.25) is 4.79 Å². The van der Waals surface area contributed by atoms with Crippen LogP contribution in [0.4, 0.5) is 13.2 Å². The van der Waals surface area contributed by atoms with Gasteiger partial charge in [-0.15, -0.1) is 0 Å². The summed E-state index contributed by atoms with van der Waals surface area (Å²) >= 11 is 0. The molecule has 0 bridgehead atoms. The summed E-state index contributed by atoms with van der Waals surface area (Å²) in [5.41, 5.74) is -0.422. The Labute approximate surface area is 238 Å². The van der Waals surface area contributed by atoms with Crippen LogP contribution in [0.3, 0.4) is 0 Å². The van der Waals surface area contributed by atoms with Gasteiger partial charge in [-0.25, -0.2) is 0 Å². The van der Waals surface area contributed by atoms with Crippen LogP contribution in [0.2, 0.25) is 0 Å². The van der Waals surface area contributed by atoms with E-state index in [0.29, 0.717) is 28.9 Å². The number of hydrogen-bond donors (Lipinski definition) is 1. The number of nitriles is 1. The molecule has 41 heavy (non-hydrogen) atoms. The first-order valence-electron chi connectivity index (χ1n) is 13.7. The maximum Gasteiger partial charge on any atom is 0.498 e. The van der Waals surface area contributed by atoms with Gasteiger partial charge in [0.25, 0.3) is 5.91 Å². The number of methoxy groups -OCH3 is 1. The highest BCUT2D eigenvalue weighted by Gasteiger charge is 2.53. The molecule has 2 saturated heterocycles. The number of halogens is 3. The Kier molecular flexibility index (Phi) is 6.84. The number of rotatable bonds is 4. The Morgan fingerprint density at radius 1 is 1.20 bits per heavy atom. The maximum absolute atomic E-state index is 13.9. The summed E-state index contributed by atoms with van der Waals surface area (Å²) in [7, 11) is 0.700. The number of β-amino-alcohol motifs (C(OH)–C–C–N with tert-alkyl or cyclic N) is 1. The monoisotopic (exact) mass is 573 g/mol. The molecule has 1 aromatic carbocycles. The van der Waals surface area contributed by atoms with Crippen molar-refractivity contribution in [3.05, 3.63) is 35.0 Å². The van der Waals surface area contributed by atoms with Gasteiger partial charge in [0.1, 0.15) is 17.0 Å². The summed E-state index contributed by atoms with van der Waals surface area (Å²) in [6, 6.07) is 6.58. The lowest BCUT2D eigenvalue weighted by molar-refractivity contribution is -0.127. The van der Waals surface area contributed by atoms with Crippen molar-refractivity contribution < 1.29 is 37.1 Å². The molecule has 0 aliphatic carbocycles. The van der Waals surface area contributed by atoms with Crippen LogP contribution in [0.1, 0.15) is 75.6 Å². The highest BCUT2D eigenvalue weighted by atomic mass is 19.4. The zero-order valence-electron chi connectivity index (χ0n) is 24.3. The number of amides is 1. The normalized spacial score (nSPS) is 26.5. The van der Waals surface area contributed by atoms with E-state index < -0.39 is 48.5 Å². The lowest BCUT2D eigenvalue weighted by Gasteiger charge is -2.32. The summed E-state index contributed by atoms with van der Waals surface area (Å²) in [5.74, 6) is -0.0887. The number of likely N-dealkylation sites (tertiary alicyclic amines) is 1. The predicted molar refractivity (Wildman–Crippen MR) is 146 cm³/mol. The number of carbonyl (C=O) groups excluding carboxylic acids is 1. The summed E-state index contributed by atoms with van der Waals surface area (Å²) in [6.45, 7) is 11.0. The molecule has 0 saturated carbocycles.